The zero-order valence-corrected chi connectivity index (χ0v) is 10.5. The SMILES string of the molecule is CN=C(NCCn1cccc1)NCc1ccco1. The molecule has 2 heterocycles. The molecule has 0 saturated heterocycles. The van der Waals surface area contributed by atoms with Crippen LogP contribution in [0.15, 0.2) is 52.3 Å². The Kier molecular flexibility index (Phi) is 4.46. The third-order valence-electron chi connectivity index (χ3n) is 2.56. The number of rotatable bonds is 5. The predicted octanol–water partition coefficient (Wildman–Crippen LogP) is 1.45. The first-order chi connectivity index (χ1) is 8.88. The van der Waals surface area contributed by atoms with Crippen molar-refractivity contribution in [2.45, 2.75) is 13.1 Å². The lowest BCUT2D eigenvalue weighted by Gasteiger charge is -2.11. The van der Waals surface area contributed by atoms with Gasteiger partial charge in [-0.2, -0.15) is 0 Å². The van der Waals surface area contributed by atoms with Crippen molar-refractivity contribution in [2.75, 3.05) is 13.6 Å². The molecular formula is C13H18N4O. The number of guanidine groups is 1. The van der Waals surface area contributed by atoms with Crippen LogP contribution in [-0.2, 0) is 13.1 Å². The molecule has 5 nitrogen and oxygen atoms in total. The fourth-order valence-corrected chi connectivity index (χ4v) is 1.63. The third-order valence-corrected chi connectivity index (χ3v) is 2.56. The van der Waals surface area contributed by atoms with E-state index in [0.29, 0.717) is 6.54 Å². The van der Waals surface area contributed by atoms with E-state index in [-0.39, 0.29) is 0 Å². The molecule has 5 heteroatoms. The summed E-state index contributed by atoms with van der Waals surface area (Å²) in [6.45, 7) is 2.37. The van der Waals surface area contributed by atoms with E-state index in [1.54, 1.807) is 13.3 Å². The first-order valence-electron chi connectivity index (χ1n) is 5.96. The molecule has 0 fully saturated rings. The van der Waals surface area contributed by atoms with Crippen molar-refractivity contribution in [2.24, 2.45) is 4.99 Å². The molecule has 0 aliphatic carbocycles. The Morgan fingerprint density at radius 2 is 2.11 bits per heavy atom. The van der Waals surface area contributed by atoms with Crippen LogP contribution in [-0.4, -0.2) is 24.1 Å². The second-order valence-corrected chi connectivity index (χ2v) is 3.85. The molecule has 18 heavy (non-hydrogen) atoms. The van der Waals surface area contributed by atoms with E-state index < -0.39 is 0 Å². The second kappa shape index (κ2) is 6.54. The summed E-state index contributed by atoms with van der Waals surface area (Å²) in [5.41, 5.74) is 0. The van der Waals surface area contributed by atoms with Crippen LogP contribution in [0.2, 0.25) is 0 Å². The van der Waals surface area contributed by atoms with Crippen molar-refractivity contribution in [3.63, 3.8) is 0 Å². The maximum Gasteiger partial charge on any atom is 0.191 e. The summed E-state index contributed by atoms with van der Waals surface area (Å²) in [4.78, 5) is 4.15. The first kappa shape index (κ1) is 12.3. The normalized spacial score (nSPS) is 11.5. The highest BCUT2D eigenvalue weighted by Gasteiger charge is 1.99. The van der Waals surface area contributed by atoms with Crippen molar-refractivity contribution in [3.05, 3.63) is 48.7 Å². The Bertz CT molecular complexity index is 459. The van der Waals surface area contributed by atoms with Gasteiger partial charge < -0.3 is 19.6 Å². The number of nitrogens with one attached hydrogen (secondary N) is 2. The van der Waals surface area contributed by atoms with Crippen LogP contribution in [0.3, 0.4) is 0 Å². The lowest BCUT2D eigenvalue weighted by Crippen LogP contribution is -2.38. The van der Waals surface area contributed by atoms with E-state index in [9.17, 15) is 0 Å². The summed E-state index contributed by atoms with van der Waals surface area (Å²) >= 11 is 0. The van der Waals surface area contributed by atoms with Crippen LogP contribution in [0.4, 0.5) is 0 Å². The standard InChI is InChI=1S/C13H18N4O/c1-14-13(16-11-12-5-4-10-18-12)15-6-9-17-7-2-3-8-17/h2-5,7-8,10H,6,9,11H2,1H3,(H2,14,15,16). The van der Waals surface area contributed by atoms with Crippen LogP contribution < -0.4 is 10.6 Å². The molecule has 0 amide bonds. The quantitative estimate of drug-likeness (QED) is 0.620. The van der Waals surface area contributed by atoms with Crippen LogP contribution >= 0.6 is 0 Å². The minimum atomic E-state index is 0.635. The number of furan rings is 1. The van der Waals surface area contributed by atoms with Gasteiger partial charge in [0.15, 0.2) is 5.96 Å². The molecule has 96 valence electrons. The maximum atomic E-state index is 5.24. The summed E-state index contributed by atoms with van der Waals surface area (Å²) in [5.74, 6) is 1.67. The predicted molar refractivity (Wildman–Crippen MR) is 71.3 cm³/mol. The van der Waals surface area contributed by atoms with E-state index in [1.807, 2.05) is 36.7 Å². The molecule has 0 bridgehead atoms. The topological polar surface area (TPSA) is 54.5 Å². The smallest absolute Gasteiger partial charge is 0.191 e. The minimum Gasteiger partial charge on any atom is -0.467 e. The Morgan fingerprint density at radius 3 is 2.78 bits per heavy atom. The van der Waals surface area contributed by atoms with Crippen LogP contribution in [0.25, 0.3) is 0 Å². The van der Waals surface area contributed by atoms with Crippen LogP contribution in [0.1, 0.15) is 5.76 Å². The average Bonchev–Trinajstić information content (AvgIpc) is 3.06. The summed E-state index contributed by atoms with van der Waals surface area (Å²) in [6.07, 6.45) is 5.75. The van der Waals surface area contributed by atoms with Gasteiger partial charge in [0.2, 0.25) is 0 Å². The van der Waals surface area contributed by atoms with Gasteiger partial charge in [-0.3, -0.25) is 4.99 Å². The lowest BCUT2D eigenvalue weighted by atomic mass is 10.4. The number of hydrogen-bond acceptors (Lipinski definition) is 2. The van der Waals surface area contributed by atoms with Gasteiger partial charge >= 0.3 is 0 Å². The van der Waals surface area contributed by atoms with Gasteiger partial charge in [-0.1, -0.05) is 0 Å². The molecule has 0 spiro atoms. The fraction of sp³-hybridized carbons (Fsp3) is 0.308. The van der Waals surface area contributed by atoms with Gasteiger partial charge in [0, 0.05) is 32.5 Å². The molecule has 0 radical (unpaired) electrons. The van der Waals surface area contributed by atoms with Gasteiger partial charge in [0.25, 0.3) is 0 Å². The Hall–Kier alpha value is -2.17. The number of hydrogen-bond donors (Lipinski definition) is 2. The van der Waals surface area contributed by atoms with Gasteiger partial charge in [0.1, 0.15) is 5.76 Å². The summed E-state index contributed by atoms with van der Waals surface area (Å²) in [5, 5.41) is 6.43. The third kappa shape index (κ3) is 3.69. The van der Waals surface area contributed by atoms with Crippen molar-refractivity contribution < 1.29 is 4.42 Å². The van der Waals surface area contributed by atoms with Crippen molar-refractivity contribution in [1.82, 2.24) is 15.2 Å². The van der Waals surface area contributed by atoms with Crippen molar-refractivity contribution in [3.8, 4) is 0 Å². The Labute approximate surface area is 107 Å². The summed E-state index contributed by atoms with van der Waals surface area (Å²) in [7, 11) is 1.76. The minimum absolute atomic E-state index is 0.635. The molecule has 2 aromatic rings. The van der Waals surface area contributed by atoms with E-state index >= 15 is 0 Å². The monoisotopic (exact) mass is 246 g/mol. The molecule has 0 saturated carbocycles. The Balaban J connectivity index is 1.69. The second-order valence-electron chi connectivity index (χ2n) is 3.85. The van der Waals surface area contributed by atoms with Crippen molar-refractivity contribution in [1.29, 1.82) is 0 Å². The molecule has 2 aromatic heterocycles. The van der Waals surface area contributed by atoms with E-state index in [0.717, 1.165) is 24.8 Å². The number of aromatic nitrogens is 1. The van der Waals surface area contributed by atoms with Crippen LogP contribution in [0.5, 0.6) is 0 Å². The summed E-state index contributed by atoms with van der Waals surface area (Å²) < 4.78 is 7.36. The maximum absolute atomic E-state index is 5.24. The number of aliphatic imine (C=N–C) groups is 1. The highest BCUT2D eigenvalue weighted by Crippen LogP contribution is 1.98. The molecule has 0 aliphatic rings. The van der Waals surface area contributed by atoms with Gasteiger partial charge in [-0.25, -0.2) is 0 Å². The molecular weight excluding hydrogens is 228 g/mol. The lowest BCUT2D eigenvalue weighted by molar-refractivity contribution is 0.501. The van der Waals surface area contributed by atoms with E-state index in [1.165, 1.54) is 0 Å². The molecule has 0 aromatic carbocycles. The van der Waals surface area contributed by atoms with Gasteiger partial charge in [-0.15, -0.1) is 0 Å². The van der Waals surface area contributed by atoms with Gasteiger partial charge in [0.05, 0.1) is 12.8 Å². The highest BCUT2D eigenvalue weighted by molar-refractivity contribution is 5.79. The van der Waals surface area contributed by atoms with Gasteiger partial charge in [-0.05, 0) is 24.3 Å². The average molecular weight is 246 g/mol. The highest BCUT2D eigenvalue weighted by atomic mass is 16.3. The van der Waals surface area contributed by atoms with E-state index in [4.69, 9.17) is 4.42 Å². The molecule has 2 rings (SSSR count). The fourth-order valence-electron chi connectivity index (χ4n) is 1.63. The van der Waals surface area contributed by atoms with E-state index in [2.05, 4.69) is 20.2 Å². The largest absolute Gasteiger partial charge is 0.467 e. The summed E-state index contributed by atoms with van der Waals surface area (Å²) in [6, 6.07) is 7.84. The van der Waals surface area contributed by atoms with Crippen molar-refractivity contribution >= 4 is 5.96 Å². The zero-order chi connectivity index (χ0) is 12.6. The first-order valence-corrected chi connectivity index (χ1v) is 5.96. The molecule has 0 aliphatic heterocycles. The molecule has 2 N–H and O–H groups in total. The Morgan fingerprint density at radius 1 is 1.28 bits per heavy atom. The van der Waals surface area contributed by atoms with Crippen LogP contribution in [0, 0.1) is 0 Å². The zero-order valence-electron chi connectivity index (χ0n) is 10.5. The number of nitrogens with zero attached hydrogens (tertiary/aromatic N) is 2. The molecule has 0 unspecified atom stereocenters. The molecule has 0 atom stereocenters.